The van der Waals surface area contributed by atoms with Gasteiger partial charge in [0.05, 0.1) is 10.6 Å². The van der Waals surface area contributed by atoms with E-state index in [9.17, 15) is 10.1 Å². The van der Waals surface area contributed by atoms with Crippen LogP contribution < -0.4 is 11.5 Å². The number of anilines is 2. The summed E-state index contributed by atoms with van der Waals surface area (Å²) in [4.78, 5) is 18.7. The minimum atomic E-state index is -0.408. The molecule has 0 saturated heterocycles. The standard InChI is InChI=1S/C14H17N5O2/c1-3-4-10-12(13(15)18-14(16)17-10)9-5-6-11(19(20)21)8(2)7-9/h5-7H,3-4H2,1-2H3,(H4,15,16,17,18). The summed E-state index contributed by atoms with van der Waals surface area (Å²) in [6, 6.07) is 4.86. The Bertz CT molecular complexity index is 700. The zero-order valence-electron chi connectivity index (χ0n) is 12.0. The molecule has 0 fully saturated rings. The van der Waals surface area contributed by atoms with Gasteiger partial charge in [-0.15, -0.1) is 0 Å². The van der Waals surface area contributed by atoms with E-state index in [0.717, 1.165) is 17.7 Å². The minimum absolute atomic E-state index is 0.0747. The van der Waals surface area contributed by atoms with Gasteiger partial charge in [0.1, 0.15) is 5.82 Å². The monoisotopic (exact) mass is 287 g/mol. The molecule has 0 spiro atoms. The first kappa shape index (κ1) is 14.7. The van der Waals surface area contributed by atoms with E-state index in [2.05, 4.69) is 9.97 Å². The van der Waals surface area contributed by atoms with Crippen molar-refractivity contribution < 1.29 is 4.92 Å². The largest absolute Gasteiger partial charge is 0.383 e. The molecule has 21 heavy (non-hydrogen) atoms. The maximum Gasteiger partial charge on any atom is 0.272 e. The van der Waals surface area contributed by atoms with Gasteiger partial charge in [0.25, 0.3) is 5.69 Å². The Morgan fingerprint density at radius 1 is 1.29 bits per heavy atom. The molecule has 0 aliphatic heterocycles. The number of nitro groups is 1. The Labute approximate surface area is 122 Å². The van der Waals surface area contributed by atoms with E-state index in [0.29, 0.717) is 23.4 Å². The lowest BCUT2D eigenvalue weighted by atomic mass is 9.99. The van der Waals surface area contributed by atoms with E-state index in [-0.39, 0.29) is 11.6 Å². The molecule has 4 N–H and O–H groups in total. The second-order valence-corrected chi connectivity index (χ2v) is 4.80. The Kier molecular flexibility index (Phi) is 4.02. The molecule has 0 atom stereocenters. The molecule has 1 aromatic carbocycles. The van der Waals surface area contributed by atoms with Crippen molar-refractivity contribution in [2.45, 2.75) is 26.7 Å². The lowest BCUT2D eigenvalue weighted by Crippen LogP contribution is -2.07. The molecule has 2 aromatic rings. The second-order valence-electron chi connectivity index (χ2n) is 4.80. The number of nitrogens with two attached hydrogens (primary N) is 2. The third-order valence-corrected chi connectivity index (χ3v) is 3.20. The number of rotatable bonds is 4. The molecule has 0 radical (unpaired) electrons. The molecule has 110 valence electrons. The van der Waals surface area contributed by atoms with Gasteiger partial charge in [-0.2, -0.15) is 4.98 Å². The fourth-order valence-electron chi connectivity index (χ4n) is 2.29. The van der Waals surface area contributed by atoms with Crippen LogP contribution in [0.2, 0.25) is 0 Å². The number of hydrogen-bond acceptors (Lipinski definition) is 6. The SMILES string of the molecule is CCCc1nc(N)nc(N)c1-c1ccc([N+](=O)[O-])c(C)c1. The van der Waals surface area contributed by atoms with Gasteiger partial charge < -0.3 is 11.5 Å². The van der Waals surface area contributed by atoms with Gasteiger partial charge in [-0.05, 0) is 31.0 Å². The summed E-state index contributed by atoms with van der Waals surface area (Å²) >= 11 is 0. The number of aromatic nitrogens is 2. The lowest BCUT2D eigenvalue weighted by Gasteiger charge is -2.12. The summed E-state index contributed by atoms with van der Waals surface area (Å²) in [7, 11) is 0. The average Bonchev–Trinajstić information content (AvgIpc) is 2.37. The van der Waals surface area contributed by atoms with Gasteiger partial charge in [-0.3, -0.25) is 10.1 Å². The number of nitrogen functional groups attached to an aromatic ring is 2. The van der Waals surface area contributed by atoms with Gasteiger partial charge in [-0.25, -0.2) is 4.98 Å². The topological polar surface area (TPSA) is 121 Å². The summed E-state index contributed by atoms with van der Waals surface area (Å²) in [5.74, 6) is 0.428. The van der Waals surface area contributed by atoms with Crippen molar-refractivity contribution in [2.75, 3.05) is 11.5 Å². The van der Waals surface area contributed by atoms with Crippen LogP contribution in [-0.4, -0.2) is 14.9 Å². The van der Waals surface area contributed by atoms with E-state index in [4.69, 9.17) is 11.5 Å². The van der Waals surface area contributed by atoms with E-state index < -0.39 is 4.92 Å². The molecule has 7 nitrogen and oxygen atoms in total. The van der Waals surface area contributed by atoms with Crippen molar-refractivity contribution >= 4 is 17.5 Å². The molecule has 0 aliphatic rings. The maximum atomic E-state index is 10.9. The highest BCUT2D eigenvalue weighted by atomic mass is 16.6. The number of benzene rings is 1. The summed E-state index contributed by atoms with van der Waals surface area (Å²) in [5.41, 5.74) is 14.5. The highest BCUT2D eigenvalue weighted by Gasteiger charge is 2.16. The van der Waals surface area contributed by atoms with Gasteiger partial charge in [0.2, 0.25) is 5.95 Å². The number of hydrogen-bond donors (Lipinski definition) is 2. The summed E-state index contributed by atoms with van der Waals surface area (Å²) in [6.45, 7) is 3.72. The first-order valence-electron chi connectivity index (χ1n) is 6.61. The molecular weight excluding hydrogens is 270 g/mol. The third-order valence-electron chi connectivity index (χ3n) is 3.20. The van der Waals surface area contributed by atoms with Crippen LogP contribution in [0.15, 0.2) is 18.2 Å². The molecule has 2 rings (SSSR count). The molecular formula is C14H17N5O2. The minimum Gasteiger partial charge on any atom is -0.383 e. The van der Waals surface area contributed by atoms with Crippen LogP contribution in [0.5, 0.6) is 0 Å². The lowest BCUT2D eigenvalue weighted by molar-refractivity contribution is -0.385. The predicted molar refractivity (Wildman–Crippen MR) is 81.7 cm³/mol. The quantitative estimate of drug-likeness (QED) is 0.658. The summed E-state index contributed by atoms with van der Waals surface area (Å²) < 4.78 is 0. The Morgan fingerprint density at radius 2 is 2.00 bits per heavy atom. The average molecular weight is 287 g/mol. The van der Waals surface area contributed by atoms with Crippen LogP contribution in [-0.2, 0) is 6.42 Å². The predicted octanol–water partition coefficient (Wildman–Crippen LogP) is 2.48. The highest BCUT2D eigenvalue weighted by Crippen LogP contribution is 2.32. The Hall–Kier alpha value is -2.70. The Morgan fingerprint density at radius 3 is 2.57 bits per heavy atom. The van der Waals surface area contributed by atoms with Crippen molar-refractivity contribution in [1.29, 1.82) is 0 Å². The molecule has 0 amide bonds. The van der Waals surface area contributed by atoms with Gasteiger partial charge >= 0.3 is 0 Å². The molecule has 0 bridgehead atoms. The third kappa shape index (κ3) is 2.91. The number of nitrogens with zero attached hydrogens (tertiary/aromatic N) is 3. The van der Waals surface area contributed by atoms with Crippen LogP contribution in [0.25, 0.3) is 11.1 Å². The van der Waals surface area contributed by atoms with Crippen LogP contribution in [0.1, 0.15) is 24.6 Å². The highest BCUT2D eigenvalue weighted by molar-refractivity contribution is 5.78. The van der Waals surface area contributed by atoms with Crippen molar-refractivity contribution in [3.8, 4) is 11.1 Å². The van der Waals surface area contributed by atoms with E-state index in [1.54, 1.807) is 19.1 Å². The van der Waals surface area contributed by atoms with E-state index >= 15 is 0 Å². The van der Waals surface area contributed by atoms with Crippen molar-refractivity contribution in [3.05, 3.63) is 39.6 Å². The van der Waals surface area contributed by atoms with E-state index in [1.807, 2.05) is 6.92 Å². The van der Waals surface area contributed by atoms with Crippen molar-refractivity contribution in [2.24, 2.45) is 0 Å². The second kappa shape index (κ2) is 5.74. The van der Waals surface area contributed by atoms with Crippen molar-refractivity contribution in [1.82, 2.24) is 9.97 Å². The van der Waals surface area contributed by atoms with Crippen LogP contribution in [0, 0.1) is 17.0 Å². The van der Waals surface area contributed by atoms with E-state index in [1.165, 1.54) is 6.07 Å². The maximum absolute atomic E-state index is 10.9. The molecule has 0 unspecified atom stereocenters. The molecule has 0 aliphatic carbocycles. The molecule has 7 heteroatoms. The smallest absolute Gasteiger partial charge is 0.272 e. The van der Waals surface area contributed by atoms with Crippen LogP contribution >= 0.6 is 0 Å². The van der Waals surface area contributed by atoms with Crippen LogP contribution in [0.4, 0.5) is 17.5 Å². The summed E-state index contributed by atoms with van der Waals surface area (Å²) in [6.07, 6.45) is 1.59. The van der Waals surface area contributed by atoms with Crippen LogP contribution in [0.3, 0.4) is 0 Å². The van der Waals surface area contributed by atoms with Gasteiger partial charge in [-0.1, -0.05) is 13.3 Å². The van der Waals surface area contributed by atoms with Gasteiger partial charge in [0, 0.05) is 17.2 Å². The first-order valence-corrected chi connectivity index (χ1v) is 6.61. The summed E-state index contributed by atoms with van der Waals surface area (Å²) in [5, 5.41) is 10.9. The van der Waals surface area contributed by atoms with Gasteiger partial charge in [0.15, 0.2) is 0 Å². The number of nitro benzene ring substituents is 1. The Balaban J connectivity index is 2.61. The van der Waals surface area contributed by atoms with Crippen molar-refractivity contribution in [3.63, 3.8) is 0 Å². The fourth-order valence-corrected chi connectivity index (χ4v) is 2.29. The normalized spacial score (nSPS) is 10.6. The number of aryl methyl sites for hydroxylation is 2. The molecule has 1 aromatic heterocycles. The molecule has 1 heterocycles. The first-order chi connectivity index (χ1) is 9.93. The zero-order valence-corrected chi connectivity index (χ0v) is 12.0. The molecule has 0 saturated carbocycles. The fraction of sp³-hybridized carbons (Fsp3) is 0.286. The zero-order chi connectivity index (χ0) is 15.6.